The molecule has 1 aliphatic rings. The van der Waals surface area contributed by atoms with Gasteiger partial charge in [-0.1, -0.05) is 0 Å². The van der Waals surface area contributed by atoms with E-state index in [1.54, 1.807) is 12.1 Å². The number of carbonyl (C=O) groups is 1. The van der Waals surface area contributed by atoms with Crippen molar-refractivity contribution in [3.8, 4) is 0 Å². The molecule has 1 aromatic rings. The molecule has 0 spiro atoms. The maximum atomic E-state index is 11.6. The van der Waals surface area contributed by atoms with E-state index in [0.717, 1.165) is 12.5 Å². The number of aliphatic imine (C=N–C) groups is 1. The molecule has 1 amide bonds. The fraction of sp³-hybridized carbons (Fsp3) is 0.538. The van der Waals surface area contributed by atoms with Gasteiger partial charge in [0.05, 0.1) is 12.8 Å². The van der Waals surface area contributed by atoms with Gasteiger partial charge in [0.1, 0.15) is 0 Å². The highest BCUT2D eigenvalue weighted by molar-refractivity contribution is 5.91. The van der Waals surface area contributed by atoms with E-state index in [9.17, 15) is 4.79 Å². The number of amides is 1. The van der Waals surface area contributed by atoms with E-state index in [0.29, 0.717) is 24.9 Å². The molecule has 1 fully saturated rings. The summed E-state index contributed by atoms with van der Waals surface area (Å²) in [5, 5.41) is 9.25. The average molecular weight is 264 g/mol. The Balaban J connectivity index is 1.69. The molecule has 0 unspecified atom stereocenters. The van der Waals surface area contributed by atoms with E-state index in [2.05, 4.69) is 20.9 Å². The van der Waals surface area contributed by atoms with Gasteiger partial charge in [-0.2, -0.15) is 0 Å². The molecule has 1 saturated carbocycles. The van der Waals surface area contributed by atoms with Crippen LogP contribution in [0.2, 0.25) is 0 Å². The normalized spacial score (nSPS) is 15.1. The van der Waals surface area contributed by atoms with Crippen molar-refractivity contribution in [1.82, 2.24) is 16.0 Å². The Morgan fingerprint density at radius 1 is 1.47 bits per heavy atom. The van der Waals surface area contributed by atoms with Crippen molar-refractivity contribution in [2.24, 2.45) is 4.99 Å². The molecule has 1 aromatic heterocycles. The first kappa shape index (κ1) is 13.5. The van der Waals surface area contributed by atoms with Crippen molar-refractivity contribution in [2.75, 3.05) is 19.6 Å². The summed E-state index contributed by atoms with van der Waals surface area (Å²) in [7, 11) is 0. The Morgan fingerprint density at radius 3 is 2.95 bits per heavy atom. The van der Waals surface area contributed by atoms with Gasteiger partial charge in [-0.3, -0.25) is 9.79 Å². The molecular weight excluding hydrogens is 244 g/mol. The highest BCUT2D eigenvalue weighted by Crippen LogP contribution is 2.18. The van der Waals surface area contributed by atoms with Crippen LogP contribution in [0.1, 0.15) is 30.3 Å². The third-order valence-corrected chi connectivity index (χ3v) is 2.67. The lowest BCUT2D eigenvalue weighted by molar-refractivity contribution is 0.0927. The largest absolute Gasteiger partial charge is 0.459 e. The molecule has 0 aliphatic heterocycles. The minimum atomic E-state index is -0.208. The third-order valence-electron chi connectivity index (χ3n) is 2.67. The van der Waals surface area contributed by atoms with Crippen molar-refractivity contribution >= 4 is 11.9 Å². The lowest BCUT2D eigenvalue weighted by atomic mass is 10.4. The zero-order valence-corrected chi connectivity index (χ0v) is 11.1. The Bertz CT molecular complexity index is 424. The average Bonchev–Trinajstić information content (AvgIpc) is 3.05. The number of guanidine groups is 1. The number of nitrogens with one attached hydrogen (secondary N) is 3. The lowest BCUT2D eigenvalue weighted by Crippen LogP contribution is -2.39. The van der Waals surface area contributed by atoms with Crippen LogP contribution in [0.5, 0.6) is 0 Å². The molecule has 1 aliphatic carbocycles. The summed E-state index contributed by atoms with van der Waals surface area (Å²) in [6.07, 6.45) is 3.90. The predicted octanol–water partition coefficient (Wildman–Crippen LogP) is 0.727. The topological polar surface area (TPSA) is 78.7 Å². The fourth-order valence-electron chi connectivity index (χ4n) is 1.57. The van der Waals surface area contributed by atoms with Gasteiger partial charge in [0.15, 0.2) is 11.7 Å². The minimum absolute atomic E-state index is 0.208. The van der Waals surface area contributed by atoms with Crippen molar-refractivity contribution in [3.05, 3.63) is 24.2 Å². The van der Waals surface area contributed by atoms with Crippen molar-refractivity contribution in [2.45, 2.75) is 25.8 Å². The van der Waals surface area contributed by atoms with E-state index in [1.165, 1.54) is 19.1 Å². The number of rotatable bonds is 6. The first-order chi connectivity index (χ1) is 9.29. The summed E-state index contributed by atoms with van der Waals surface area (Å²) in [6, 6.07) is 3.89. The first-order valence-corrected chi connectivity index (χ1v) is 6.66. The molecule has 104 valence electrons. The van der Waals surface area contributed by atoms with Gasteiger partial charge in [0, 0.05) is 19.1 Å². The molecule has 19 heavy (non-hydrogen) atoms. The second kappa shape index (κ2) is 6.82. The van der Waals surface area contributed by atoms with Crippen LogP contribution in [0.4, 0.5) is 0 Å². The van der Waals surface area contributed by atoms with Gasteiger partial charge in [-0.25, -0.2) is 0 Å². The van der Waals surface area contributed by atoms with Crippen LogP contribution in [0.3, 0.4) is 0 Å². The maximum Gasteiger partial charge on any atom is 0.287 e. The van der Waals surface area contributed by atoms with Crippen LogP contribution < -0.4 is 16.0 Å². The Kier molecular flexibility index (Phi) is 4.83. The van der Waals surface area contributed by atoms with E-state index in [-0.39, 0.29) is 5.91 Å². The molecule has 0 radical (unpaired) electrons. The second-order valence-corrected chi connectivity index (χ2v) is 4.41. The Labute approximate surface area is 112 Å². The van der Waals surface area contributed by atoms with Crippen LogP contribution in [0, 0.1) is 0 Å². The van der Waals surface area contributed by atoms with Gasteiger partial charge in [-0.05, 0) is 31.9 Å². The summed E-state index contributed by atoms with van der Waals surface area (Å²) in [6.45, 7) is 3.88. The lowest BCUT2D eigenvalue weighted by Gasteiger charge is -2.10. The van der Waals surface area contributed by atoms with Crippen LogP contribution in [0.15, 0.2) is 27.8 Å². The van der Waals surface area contributed by atoms with Gasteiger partial charge in [-0.15, -0.1) is 0 Å². The first-order valence-electron chi connectivity index (χ1n) is 6.66. The summed E-state index contributed by atoms with van der Waals surface area (Å²) < 4.78 is 5.00. The number of hydrogen-bond donors (Lipinski definition) is 3. The molecule has 3 N–H and O–H groups in total. The molecular formula is C13H20N4O2. The van der Waals surface area contributed by atoms with Crippen LogP contribution in [-0.4, -0.2) is 37.5 Å². The van der Waals surface area contributed by atoms with Crippen LogP contribution in [-0.2, 0) is 0 Å². The maximum absolute atomic E-state index is 11.6. The van der Waals surface area contributed by atoms with E-state index in [1.807, 2.05) is 6.92 Å². The zero-order valence-electron chi connectivity index (χ0n) is 11.1. The molecule has 2 rings (SSSR count). The highest BCUT2D eigenvalue weighted by Gasteiger charge is 2.21. The van der Waals surface area contributed by atoms with Gasteiger partial charge in [0.25, 0.3) is 5.91 Å². The van der Waals surface area contributed by atoms with E-state index >= 15 is 0 Å². The predicted molar refractivity (Wildman–Crippen MR) is 73.2 cm³/mol. The molecule has 0 saturated heterocycles. The molecule has 0 aromatic carbocycles. The second-order valence-electron chi connectivity index (χ2n) is 4.41. The summed E-state index contributed by atoms with van der Waals surface area (Å²) in [5.41, 5.74) is 0. The molecule has 1 heterocycles. The standard InChI is InChI=1S/C13H20N4O2/c1-2-14-13(17-10-5-6-10)16-8-7-15-12(18)11-4-3-9-19-11/h3-4,9-10H,2,5-8H2,1H3,(H,15,18)(H2,14,16,17). The number of furan rings is 1. The number of nitrogens with zero attached hydrogens (tertiary/aromatic N) is 1. The third kappa shape index (κ3) is 4.65. The fourth-order valence-corrected chi connectivity index (χ4v) is 1.57. The molecule has 0 atom stereocenters. The van der Waals surface area contributed by atoms with Crippen molar-refractivity contribution in [3.63, 3.8) is 0 Å². The quantitative estimate of drug-likeness (QED) is 0.402. The van der Waals surface area contributed by atoms with E-state index in [4.69, 9.17) is 4.42 Å². The van der Waals surface area contributed by atoms with Crippen LogP contribution >= 0.6 is 0 Å². The Morgan fingerprint density at radius 2 is 2.32 bits per heavy atom. The molecule has 0 bridgehead atoms. The minimum Gasteiger partial charge on any atom is -0.459 e. The van der Waals surface area contributed by atoms with Gasteiger partial charge in [0.2, 0.25) is 0 Å². The van der Waals surface area contributed by atoms with Gasteiger partial charge < -0.3 is 20.4 Å². The van der Waals surface area contributed by atoms with Crippen molar-refractivity contribution in [1.29, 1.82) is 0 Å². The van der Waals surface area contributed by atoms with Crippen LogP contribution in [0.25, 0.3) is 0 Å². The SMILES string of the molecule is CCNC(=NCCNC(=O)c1ccco1)NC1CC1. The Hall–Kier alpha value is -1.98. The summed E-state index contributed by atoms with van der Waals surface area (Å²) in [4.78, 5) is 16.0. The summed E-state index contributed by atoms with van der Waals surface area (Å²) in [5.74, 6) is 0.935. The zero-order chi connectivity index (χ0) is 13.5. The smallest absolute Gasteiger partial charge is 0.287 e. The van der Waals surface area contributed by atoms with Gasteiger partial charge >= 0.3 is 0 Å². The monoisotopic (exact) mass is 264 g/mol. The molecule has 6 heteroatoms. The number of hydrogen-bond acceptors (Lipinski definition) is 3. The van der Waals surface area contributed by atoms with E-state index < -0.39 is 0 Å². The summed E-state index contributed by atoms with van der Waals surface area (Å²) >= 11 is 0. The molecule has 6 nitrogen and oxygen atoms in total. The van der Waals surface area contributed by atoms with Crippen molar-refractivity contribution < 1.29 is 9.21 Å². The highest BCUT2D eigenvalue weighted by atomic mass is 16.3. The number of carbonyl (C=O) groups excluding carboxylic acids is 1.